The number of phenolic OH excluding ortho intramolecular Hbond substituents is 1. The van der Waals surface area contributed by atoms with Crippen molar-refractivity contribution in [2.45, 2.75) is 57.3 Å². The minimum atomic E-state index is -0.326. The van der Waals surface area contributed by atoms with Crippen LogP contribution in [0.15, 0.2) is 103 Å². The van der Waals surface area contributed by atoms with Gasteiger partial charge in [0.25, 0.3) is 11.8 Å². The second kappa shape index (κ2) is 14.2. The van der Waals surface area contributed by atoms with Gasteiger partial charge in [0.05, 0.1) is 42.9 Å². The topological polar surface area (TPSA) is 96.7 Å². The largest absolute Gasteiger partial charge is 0.508 e. The summed E-state index contributed by atoms with van der Waals surface area (Å²) in [6, 6.07) is 26.6. The van der Waals surface area contributed by atoms with Gasteiger partial charge in [0.1, 0.15) is 5.75 Å². The molecule has 6 heterocycles. The Morgan fingerprint density at radius 2 is 1.60 bits per heavy atom. The fourth-order valence-electron chi connectivity index (χ4n) is 8.59. The summed E-state index contributed by atoms with van der Waals surface area (Å²) in [6.07, 6.45) is 5.51. The zero-order valence-electron chi connectivity index (χ0n) is 29.8. The Kier molecular flexibility index (Phi) is 9.01. The van der Waals surface area contributed by atoms with Gasteiger partial charge in [-0.3, -0.25) is 19.4 Å². The van der Waals surface area contributed by atoms with Crippen LogP contribution in [0.1, 0.15) is 52.1 Å². The predicted octanol–water partition coefficient (Wildman–Crippen LogP) is 6.21. The Labute approximate surface area is 309 Å². The molecule has 0 bridgehead atoms. The Morgan fingerprint density at radius 1 is 0.849 bits per heavy atom. The maximum Gasteiger partial charge on any atom is 0.264 e. The van der Waals surface area contributed by atoms with E-state index < -0.39 is 0 Å². The molecule has 3 aromatic carbocycles. The van der Waals surface area contributed by atoms with Gasteiger partial charge in [0, 0.05) is 67.8 Å². The third kappa shape index (κ3) is 6.29. The fourth-order valence-corrected chi connectivity index (χ4v) is 8.59. The highest BCUT2D eigenvalue weighted by molar-refractivity contribution is 6.14. The fraction of sp³-hybridized carbons (Fsp3) is 0.349. The van der Waals surface area contributed by atoms with E-state index in [0.29, 0.717) is 60.9 Å². The number of ether oxygens (including phenoxy) is 3. The van der Waals surface area contributed by atoms with Crippen LogP contribution >= 0.6 is 0 Å². The van der Waals surface area contributed by atoms with Crippen LogP contribution in [0.3, 0.4) is 0 Å². The number of aromatic nitrogens is 1. The first-order chi connectivity index (χ1) is 26.0. The van der Waals surface area contributed by atoms with Gasteiger partial charge in [-0.05, 0) is 79.3 Å². The smallest absolute Gasteiger partial charge is 0.264 e. The van der Waals surface area contributed by atoms with E-state index in [2.05, 4.69) is 27.7 Å². The van der Waals surface area contributed by atoms with Crippen molar-refractivity contribution in [1.29, 1.82) is 0 Å². The molecule has 5 aliphatic rings. The average Bonchev–Trinajstić information content (AvgIpc) is 3.84. The molecule has 2 fully saturated rings. The predicted molar refractivity (Wildman–Crippen MR) is 201 cm³/mol. The van der Waals surface area contributed by atoms with Crippen molar-refractivity contribution >= 4 is 28.8 Å². The number of fused-ring (bicyclic) bond motifs is 3. The van der Waals surface area contributed by atoms with Crippen LogP contribution < -0.4 is 4.90 Å². The van der Waals surface area contributed by atoms with Crippen LogP contribution in [-0.2, 0) is 44.9 Å². The summed E-state index contributed by atoms with van der Waals surface area (Å²) in [5.41, 5.74) is 7.32. The lowest BCUT2D eigenvalue weighted by Gasteiger charge is -2.41. The van der Waals surface area contributed by atoms with Gasteiger partial charge in [-0.2, -0.15) is 0 Å². The summed E-state index contributed by atoms with van der Waals surface area (Å²) >= 11 is 0. The molecule has 0 saturated carbocycles. The van der Waals surface area contributed by atoms with E-state index in [0.717, 1.165) is 74.5 Å². The number of hydrogen-bond acceptors (Lipinski definition) is 7. The number of phenols is 1. The van der Waals surface area contributed by atoms with Crippen LogP contribution in [0.5, 0.6) is 5.75 Å². The molecule has 4 aromatic rings. The number of amides is 2. The number of aromatic hydroxyl groups is 1. The van der Waals surface area contributed by atoms with Gasteiger partial charge in [0.15, 0.2) is 11.9 Å². The summed E-state index contributed by atoms with van der Waals surface area (Å²) in [5.74, 6) is 0.475. The highest BCUT2D eigenvalue weighted by Crippen LogP contribution is 2.42. The summed E-state index contributed by atoms with van der Waals surface area (Å²) in [4.78, 5) is 36.3. The zero-order valence-corrected chi connectivity index (χ0v) is 29.8. The number of para-hydroxylation sites is 1. The molecule has 1 aromatic heterocycles. The normalized spacial score (nSPS) is 21.1. The van der Waals surface area contributed by atoms with Gasteiger partial charge < -0.3 is 28.8 Å². The van der Waals surface area contributed by atoms with Gasteiger partial charge in [-0.25, -0.2) is 0 Å². The number of benzene rings is 3. The van der Waals surface area contributed by atoms with E-state index in [4.69, 9.17) is 14.2 Å². The number of rotatable bonds is 7. The SMILES string of the molecule is O=C(c1cc(C2=COC3CCOC3=C2C(=O)N2Cc3ccccc3C[C@H]2CN2CCOCC2)n2c1CCCC2)N(c1ccccc1)c1ccc(O)cc1. The first-order valence-electron chi connectivity index (χ1n) is 18.9. The van der Waals surface area contributed by atoms with E-state index in [-0.39, 0.29) is 29.7 Å². The molecule has 53 heavy (non-hydrogen) atoms. The number of carbonyl (C=O) groups is 2. The van der Waals surface area contributed by atoms with Gasteiger partial charge in [-0.15, -0.1) is 0 Å². The van der Waals surface area contributed by atoms with Gasteiger partial charge in [-0.1, -0.05) is 42.5 Å². The lowest BCUT2D eigenvalue weighted by Crippen LogP contribution is -2.52. The maximum atomic E-state index is 15.3. The van der Waals surface area contributed by atoms with Crippen molar-refractivity contribution in [2.75, 3.05) is 44.4 Å². The average molecular weight is 713 g/mol. The molecule has 10 heteroatoms. The molecule has 1 N–H and O–H groups in total. The van der Waals surface area contributed by atoms with Crippen molar-refractivity contribution < 1.29 is 28.9 Å². The minimum absolute atomic E-state index is 0.0318. The van der Waals surface area contributed by atoms with Gasteiger partial charge >= 0.3 is 0 Å². The quantitative estimate of drug-likeness (QED) is 0.244. The third-order valence-corrected chi connectivity index (χ3v) is 11.3. The summed E-state index contributed by atoms with van der Waals surface area (Å²) in [6.45, 7) is 5.55. The number of hydrogen-bond donors (Lipinski definition) is 1. The molecule has 10 nitrogen and oxygen atoms in total. The van der Waals surface area contributed by atoms with Crippen molar-refractivity contribution in [3.63, 3.8) is 0 Å². The molecule has 0 radical (unpaired) electrons. The van der Waals surface area contributed by atoms with E-state index in [9.17, 15) is 9.90 Å². The van der Waals surface area contributed by atoms with Crippen LogP contribution in [0.2, 0.25) is 0 Å². The molecule has 2 amide bonds. The Balaban J connectivity index is 1.12. The van der Waals surface area contributed by atoms with E-state index in [1.54, 1.807) is 35.4 Å². The number of nitrogens with zero attached hydrogens (tertiary/aromatic N) is 4. The molecular formula is C43H44N4O6. The number of morpholine rings is 1. The van der Waals surface area contributed by atoms with E-state index in [1.807, 2.05) is 47.4 Å². The zero-order chi connectivity index (χ0) is 35.9. The molecule has 0 aliphatic carbocycles. The van der Waals surface area contributed by atoms with Crippen molar-refractivity contribution in [3.8, 4) is 5.75 Å². The van der Waals surface area contributed by atoms with Gasteiger partial charge in [0.2, 0.25) is 0 Å². The van der Waals surface area contributed by atoms with Crippen LogP contribution in [0.25, 0.3) is 5.57 Å². The molecule has 2 saturated heterocycles. The Bertz CT molecular complexity index is 2080. The van der Waals surface area contributed by atoms with Crippen molar-refractivity contribution in [3.05, 3.63) is 131 Å². The third-order valence-electron chi connectivity index (χ3n) is 11.3. The van der Waals surface area contributed by atoms with E-state index >= 15 is 4.79 Å². The minimum Gasteiger partial charge on any atom is -0.508 e. The molecule has 272 valence electrons. The van der Waals surface area contributed by atoms with Crippen LogP contribution in [-0.4, -0.2) is 82.9 Å². The monoisotopic (exact) mass is 712 g/mol. The van der Waals surface area contributed by atoms with Crippen LogP contribution in [0, 0.1) is 0 Å². The highest BCUT2D eigenvalue weighted by atomic mass is 16.5. The first-order valence-corrected chi connectivity index (χ1v) is 18.9. The molecule has 0 spiro atoms. The second-order valence-electron chi connectivity index (χ2n) is 14.5. The molecular weight excluding hydrogens is 668 g/mol. The number of anilines is 2. The summed E-state index contributed by atoms with van der Waals surface area (Å²) in [5, 5.41) is 10.1. The van der Waals surface area contributed by atoms with Crippen LogP contribution in [0.4, 0.5) is 11.4 Å². The number of carbonyl (C=O) groups excluding carboxylic acids is 2. The Morgan fingerprint density at radius 3 is 2.42 bits per heavy atom. The molecule has 1 unspecified atom stereocenters. The first kappa shape index (κ1) is 33.5. The second-order valence-corrected chi connectivity index (χ2v) is 14.5. The highest BCUT2D eigenvalue weighted by Gasteiger charge is 2.42. The maximum absolute atomic E-state index is 15.3. The summed E-state index contributed by atoms with van der Waals surface area (Å²) in [7, 11) is 0. The van der Waals surface area contributed by atoms with E-state index in [1.165, 1.54) is 5.56 Å². The molecule has 5 aliphatic heterocycles. The molecule has 9 rings (SSSR count). The van der Waals surface area contributed by atoms with Crippen molar-refractivity contribution in [1.82, 2.24) is 14.4 Å². The Hall–Kier alpha value is -5.32. The lowest BCUT2D eigenvalue weighted by molar-refractivity contribution is -0.131. The standard InChI is InChI=1S/C43H44N4O6/c48-34-15-13-32(14-16-34)47(31-10-2-1-3-11-31)42(49)35-25-38(45-18-7-6-12-37(35)45)36-28-53-39-17-21-52-41(39)40(36)43(50)46-26-30-9-5-4-8-29(30)24-33(46)27-44-19-22-51-23-20-44/h1-5,8-11,13-16,25,28,33,39,48H,6-7,12,17-24,26-27H2/t33-,39?/m0/s1. The lowest BCUT2D eigenvalue weighted by atomic mass is 9.90. The van der Waals surface area contributed by atoms with Crippen molar-refractivity contribution in [2.24, 2.45) is 0 Å². The molecule has 2 atom stereocenters. The summed E-state index contributed by atoms with van der Waals surface area (Å²) < 4.78 is 20.5.